The van der Waals surface area contributed by atoms with Crippen LogP contribution in [0.4, 0.5) is 11.4 Å². The Kier molecular flexibility index (Phi) is 5.29. The Hall–Kier alpha value is -1.45. The molecule has 0 spiro atoms. The Morgan fingerprint density at radius 3 is 2.57 bits per heavy atom. The van der Waals surface area contributed by atoms with Crippen LogP contribution in [0.5, 0.6) is 0 Å². The van der Waals surface area contributed by atoms with Crippen molar-refractivity contribution in [2.75, 3.05) is 11.4 Å². The van der Waals surface area contributed by atoms with Crippen molar-refractivity contribution in [2.45, 2.75) is 55.4 Å². The highest BCUT2D eigenvalue weighted by atomic mass is 32.2. The van der Waals surface area contributed by atoms with Crippen molar-refractivity contribution >= 4 is 23.1 Å². The molecule has 2 aromatic carbocycles. The second-order valence-corrected chi connectivity index (χ2v) is 7.27. The number of para-hydroxylation sites is 1. The summed E-state index contributed by atoms with van der Waals surface area (Å²) >= 11 is 1.83. The number of aliphatic hydroxyl groups is 1. The van der Waals surface area contributed by atoms with E-state index < -0.39 is 6.10 Å². The van der Waals surface area contributed by atoms with E-state index in [2.05, 4.69) is 48.2 Å². The summed E-state index contributed by atoms with van der Waals surface area (Å²) in [4.78, 5) is 5.03. The zero-order chi connectivity index (χ0) is 16.2. The van der Waals surface area contributed by atoms with E-state index in [0.29, 0.717) is 0 Å². The maximum Gasteiger partial charge on any atom is 0.0762 e. The third-order valence-corrected chi connectivity index (χ3v) is 5.50. The van der Waals surface area contributed by atoms with Crippen molar-refractivity contribution in [3.63, 3.8) is 0 Å². The Bertz CT molecular complexity index is 668. The van der Waals surface area contributed by atoms with Gasteiger partial charge in [-0.15, -0.1) is 0 Å². The first-order chi connectivity index (χ1) is 11.2. The monoisotopic (exact) mass is 327 g/mol. The van der Waals surface area contributed by atoms with Crippen molar-refractivity contribution < 1.29 is 5.11 Å². The lowest BCUT2D eigenvalue weighted by Gasteiger charge is -2.33. The maximum atomic E-state index is 9.93. The van der Waals surface area contributed by atoms with Crippen LogP contribution < -0.4 is 4.90 Å². The molecule has 0 aromatic heterocycles. The molecular formula is C20H25NOS. The first kappa shape index (κ1) is 16.4. The van der Waals surface area contributed by atoms with Crippen LogP contribution in [0.2, 0.25) is 0 Å². The summed E-state index contributed by atoms with van der Waals surface area (Å²) in [5.74, 6) is 0. The third-order valence-electron chi connectivity index (χ3n) is 4.37. The second kappa shape index (κ2) is 7.41. The molecule has 3 heteroatoms. The lowest BCUT2D eigenvalue weighted by Crippen LogP contribution is -2.22. The van der Waals surface area contributed by atoms with Crippen LogP contribution >= 0.6 is 11.8 Å². The molecule has 0 amide bonds. The van der Waals surface area contributed by atoms with Gasteiger partial charge in [0.25, 0.3) is 0 Å². The van der Waals surface area contributed by atoms with Crippen molar-refractivity contribution in [3.8, 4) is 0 Å². The van der Waals surface area contributed by atoms with Gasteiger partial charge in [-0.05, 0) is 43.2 Å². The van der Waals surface area contributed by atoms with E-state index in [1.165, 1.54) is 46.8 Å². The molecule has 23 heavy (non-hydrogen) atoms. The molecular weight excluding hydrogens is 302 g/mol. The van der Waals surface area contributed by atoms with Crippen molar-refractivity contribution in [2.24, 2.45) is 0 Å². The minimum atomic E-state index is -0.426. The van der Waals surface area contributed by atoms with E-state index in [1.807, 2.05) is 24.8 Å². The van der Waals surface area contributed by atoms with E-state index in [-0.39, 0.29) is 0 Å². The predicted molar refractivity (Wildman–Crippen MR) is 98.8 cm³/mol. The largest absolute Gasteiger partial charge is 0.389 e. The smallest absolute Gasteiger partial charge is 0.0762 e. The molecule has 3 rings (SSSR count). The number of benzene rings is 2. The predicted octanol–water partition coefficient (Wildman–Crippen LogP) is 5.92. The normalized spacial score (nSPS) is 14.3. The summed E-state index contributed by atoms with van der Waals surface area (Å²) in [5.41, 5.74) is 3.52. The number of anilines is 2. The van der Waals surface area contributed by atoms with E-state index in [1.54, 1.807) is 0 Å². The van der Waals surface area contributed by atoms with Crippen LogP contribution in [0.15, 0.2) is 52.3 Å². The van der Waals surface area contributed by atoms with Gasteiger partial charge in [0.15, 0.2) is 0 Å². The topological polar surface area (TPSA) is 23.5 Å². The zero-order valence-electron chi connectivity index (χ0n) is 14.0. The Labute approximate surface area is 143 Å². The first-order valence-electron chi connectivity index (χ1n) is 8.57. The number of unbranched alkanes of at least 4 members (excludes halogenated alkanes) is 3. The maximum absolute atomic E-state index is 9.93. The highest BCUT2D eigenvalue weighted by molar-refractivity contribution is 7.99. The van der Waals surface area contributed by atoms with Crippen molar-refractivity contribution in [1.29, 1.82) is 0 Å². The summed E-state index contributed by atoms with van der Waals surface area (Å²) in [5, 5.41) is 9.93. The fourth-order valence-corrected chi connectivity index (χ4v) is 4.12. The lowest BCUT2D eigenvalue weighted by atomic mass is 10.1. The molecule has 0 aliphatic carbocycles. The number of hydrogen-bond donors (Lipinski definition) is 1. The van der Waals surface area contributed by atoms with Crippen LogP contribution in [0.3, 0.4) is 0 Å². The Balaban J connectivity index is 1.93. The molecule has 2 aromatic rings. The molecule has 0 fully saturated rings. The average Bonchev–Trinajstić information content (AvgIpc) is 2.57. The van der Waals surface area contributed by atoms with Crippen LogP contribution in [0.25, 0.3) is 0 Å². The number of fused-ring (bicyclic) bond motifs is 2. The molecule has 1 aliphatic rings. The zero-order valence-corrected chi connectivity index (χ0v) is 14.8. The van der Waals surface area contributed by atoms with Crippen LogP contribution in [0.1, 0.15) is 51.2 Å². The summed E-state index contributed by atoms with van der Waals surface area (Å²) in [6, 6.07) is 15.0. The van der Waals surface area contributed by atoms with Gasteiger partial charge < -0.3 is 10.0 Å². The number of aliphatic hydroxyl groups excluding tert-OH is 1. The van der Waals surface area contributed by atoms with Gasteiger partial charge in [-0.1, -0.05) is 56.1 Å². The molecule has 1 aliphatic heterocycles. The summed E-state index contributed by atoms with van der Waals surface area (Å²) in [7, 11) is 0. The van der Waals surface area contributed by atoms with Gasteiger partial charge >= 0.3 is 0 Å². The van der Waals surface area contributed by atoms with E-state index in [4.69, 9.17) is 0 Å². The standard InChI is InChI=1S/C20H25NOS/c1-3-4-5-8-13-21-17-9-6-7-10-19(17)23-20-12-11-16(15(2)22)14-18(20)21/h6-7,9-12,14-15,22H,3-5,8,13H2,1-2H3. The molecule has 0 saturated carbocycles. The summed E-state index contributed by atoms with van der Waals surface area (Å²) < 4.78 is 0. The third kappa shape index (κ3) is 3.56. The molecule has 1 heterocycles. The molecule has 0 saturated heterocycles. The minimum Gasteiger partial charge on any atom is -0.389 e. The summed E-state index contributed by atoms with van der Waals surface area (Å²) in [6.45, 7) is 5.11. The van der Waals surface area contributed by atoms with Gasteiger partial charge in [-0.25, -0.2) is 0 Å². The fraction of sp³-hybridized carbons (Fsp3) is 0.400. The van der Waals surface area contributed by atoms with E-state index in [9.17, 15) is 5.11 Å². The van der Waals surface area contributed by atoms with Gasteiger partial charge in [0, 0.05) is 16.3 Å². The molecule has 1 N–H and O–H groups in total. The lowest BCUT2D eigenvalue weighted by molar-refractivity contribution is 0.199. The number of hydrogen-bond acceptors (Lipinski definition) is 3. The minimum absolute atomic E-state index is 0.426. The molecule has 1 atom stereocenters. The molecule has 122 valence electrons. The molecule has 2 nitrogen and oxygen atoms in total. The van der Waals surface area contributed by atoms with Gasteiger partial charge in [-0.3, -0.25) is 0 Å². The SMILES string of the molecule is CCCCCCN1c2ccccc2Sc2ccc(C(C)O)cc21. The summed E-state index contributed by atoms with van der Waals surface area (Å²) in [6.07, 6.45) is 4.60. The first-order valence-corrected chi connectivity index (χ1v) is 9.38. The quantitative estimate of drug-likeness (QED) is 0.666. The van der Waals surface area contributed by atoms with Crippen LogP contribution in [0, 0.1) is 0 Å². The Morgan fingerprint density at radius 2 is 1.78 bits per heavy atom. The van der Waals surface area contributed by atoms with Crippen LogP contribution in [-0.2, 0) is 0 Å². The van der Waals surface area contributed by atoms with Crippen molar-refractivity contribution in [3.05, 3.63) is 48.0 Å². The Morgan fingerprint density at radius 1 is 1.00 bits per heavy atom. The fourth-order valence-electron chi connectivity index (χ4n) is 3.04. The number of rotatable bonds is 6. The average molecular weight is 327 g/mol. The second-order valence-electron chi connectivity index (χ2n) is 6.19. The number of nitrogens with zero attached hydrogens (tertiary/aromatic N) is 1. The van der Waals surface area contributed by atoms with Crippen molar-refractivity contribution in [1.82, 2.24) is 0 Å². The van der Waals surface area contributed by atoms with Gasteiger partial charge in [0.2, 0.25) is 0 Å². The highest BCUT2D eigenvalue weighted by Gasteiger charge is 2.23. The molecule has 0 radical (unpaired) electrons. The van der Waals surface area contributed by atoms with Gasteiger partial charge in [-0.2, -0.15) is 0 Å². The van der Waals surface area contributed by atoms with E-state index >= 15 is 0 Å². The van der Waals surface area contributed by atoms with E-state index in [0.717, 1.165) is 12.1 Å². The molecule has 1 unspecified atom stereocenters. The molecule has 0 bridgehead atoms. The van der Waals surface area contributed by atoms with Gasteiger partial charge in [0.05, 0.1) is 17.5 Å². The highest BCUT2D eigenvalue weighted by Crippen LogP contribution is 2.48. The van der Waals surface area contributed by atoms with Crippen LogP contribution in [-0.4, -0.2) is 11.7 Å². The van der Waals surface area contributed by atoms with Gasteiger partial charge in [0.1, 0.15) is 0 Å².